The molecule has 4 aliphatic rings. The summed E-state index contributed by atoms with van der Waals surface area (Å²) >= 11 is 5.86. The van der Waals surface area contributed by atoms with E-state index in [9.17, 15) is 9.59 Å². The largest absolute Gasteiger partial charge is 0.484 e. The summed E-state index contributed by atoms with van der Waals surface area (Å²) in [5.74, 6) is 1.47. The van der Waals surface area contributed by atoms with Gasteiger partial charge in [0.05, 0.1) is 6.10 Å². The van der Waals surface area contributed by atoms with E-state index in [1.807, 2.05) is 0 Å². The quantitative estimate of drug-likeness (QED) is 0.656. The van der Waals surface area contributed by atoms with Gasteiger partial charge in [-0.3, -0.25) is 9.59 Å². The van der Waals surface area contributed by atoms with Crippen LogP contribution in [0.4, 0.5) is 0 Å². The van der Waals surface area contributed by atoms with Crippen LogP contribution in [0.15, 0.2) is 24.3 Å². The van der Waals surface area contributed by atoms with Crippen molar-refractivity contribution in [3.63, 3.8) is 0 Å². The highest BCUT2D eigenvalue weighted by Gasteiger charge is 2.46. The van der Waals surface area contributed by atoms with Crippen LogP contribution in [0.2, 0.25) is 5.02 Å². The number of hydrogen-bond donors (Lipinski definition) is 2. The summed E-state index contributed by atoms with van der Waals surface area (Å²) in [4.78, 5) is 24.7. The molecule has 2 bridgehead atoms. The topological polar surface area (TPSA) is 76.7 Å². The van der Waals surface area contributed by atoms with E-state index >= 15 is 0 Å². The minimum absolute atomic E-state index is 0.0272. The number of fused-ring (bicyclic) bond motifs is 2. The molecule has 2 N–H and O–H groups in total. The third kappa shape index (κ3) is 5.67. The summed E-state index contributed by atoms with van der Waals surface area (Å²) in [6, 6.07) is 7.15. The summed E-state index contributed by atoms with van der Waals surface area (Å²) in [6.07, 6.45) is 8.90. The van der Waals surface area contributed by atoms with Gasteiger partial charge >= 0.3 is 0 Å². The van der Waals surface area contributed by atoms with Gasteiger partial charge in [-0.25, -0.2) is 0 Å². The number of carbonyl (C=O) groups excluding carboxylic acids is 2. The van der Waals surface area contributed by atoms with Crippen LogP contribution in [0.3, 0.4) is 0 Å². The number of carbonyl (C=O) groups is 2. The van der Waals surface area contributed by atoms with Gasteiger partial charge in [0.1, 0.15) is 12.4 Å². The molecule has 2 atom stereocenters. The lowest BCUT2D eigenvalue weighted by Crippen LogP contribution is -2.60. The smallest absolute Gasteiger partial charge is 0.258 e. The van der Waals surface area contributed by atoms with E-state index in [4.69, 9.17) is 21.1 Å². The van der Waals surface area contributed by atoms with Crippen LogP contribution in [-0.4, -0.2) is 43.2 Å². The minimum Gasteiger partial charge on any atom is -0.484 e. The molecule has 0 saturated heterocycles. The van der Waals surface area contributed by atoms with Crippen molar-refractivity contribution in [2.24, 2.45) is 11.8 Å². The molecule has 0 heterocycles. The van der Waals surface area contributed by atoms with Crippen molar-refractivity contribution in [3.05, 3.63) is 29.3 Å². The molecule has 5 rings (SSSR count). The first kappa shape index (κ1) is 21.4. The van der Waals surface area contributed by atoms with Crippen LogP contribution < -0.4 is 15.4 Å². The van der Waals surface area contributed by atoms with Gasteiger partial charge < -0.3 is 20.1 Å². The van der Waals surface area contributed by atoms with Gasteiger partial charge in [-0.2, -0.15) is 0 Å². The fraction of sp³-hybridized carbons (Fsp3) is 0.652. The zero-order valence-corrected chi connectivity index (χ0v) is 18.0. The molecule has 1 aromatic carbocycles. The molecule has 0 unspecified atom stereocenters. The summed E-state index contributed by atoms with van der Waals surface area (Å²) < 4.78 is 11.3. The second kappa shape index (κ2) is 10.0. The van der Waals surface area contributed by atoms with Crippen LogP contribution >= 0.6 is 11.6 Å². The highest BCUT2D eigenvalue weighted by atomic mass is 35.5. The third-order valence-corrected chi connectivity index (χ3v) is 6.99. The number of amides is 2. The molecule has 30 heavy (non-hydrogen) atoms. The number of benzene rings is 1. The fourth-order valence-corrected chi connectivity index (χ4v) is 5.11. The Morgan fingerprint density at radius 3 is 2.10 bits per heavy atom. The van der Waals surface area contributed by atoms with E-state index in [0.717, 1.165) is 32.1 Å². The SMILES string of the molecule is O=C(COC1CCCCC1)N[C@H]1C[C@@H](NC(=O)COc2ccc(Cl)cc2)C2CC1C2. The molecule has 6 nitrogen and oxygen atoms in total. The first-order valence-electron chi connectivity index (χ1n) is 11.2. The van der Waals surface area contributed by atoms with Crippen molar-refractivity contribution in [2.45, 2.75) is 69.6 Å². The van der Waals surface area contributed by atoms with Crippen molar-refractivity contribution in [1.29, 1.82) is 0 Å². The van der Waals surface area contributed by atoms with Gasteiger partial charge in [-0.1, -0.05) is 30.9 Å². The monoisotopic (exact) mass is 434 g/mol. The van der Waals surface area contributed by atoms with Crippen molar-refractivity contribution in [1.82, 2.24) is 10.6 Å². The zero-order chi connectivity index (χ0) is 20.9. The molecule has 164 valence electrons. The number of rotatable bonds is 8. The molecule has 4 saturated carbocycles. The van der Waals surface area contributed by atoms with Crippen LogP contribution in [0.25, 0.3) is 0 Å². The first-order chi connectivity index (χ1) is 14.6. The van der Waals surface area contributed by atoms with E-state index in [1.54, 1.807) is 24.3 Å². The van der Waals surface area contributed by atoms with E-state index in [0.29, 0.717) is 22.6 Å². The van der Waals surface area contributed by atoms with E-state index in [2.05, 4.69) is 10.6 Å². The Hall–Kier alpha value is -1.79. The molecule has 2 amide bonds. The predicted molar refractivity (Wildman–Crippen MR) is 114 cm³/mol. The average molecular weight is 435 g/mol. The van der Waals surface area contributed by atoms with Gasteiger partial charge in [-0.15, -0.1) is 0 Å². The predicted octanol–water partition coefficient (Wildman–Crippen LogP) is 3.47. The molecule has 4 aliphatic carbocycles. The summed E-state index contributed by atoms with van der Waals surface area (Å²) in [5, 5.41) is 6.89. The average Bonchev–Trinajstić information content (AvgIpc) is 2.72. The fourth-order valence-electron chi connectivity index (χ4n) is 4.98. The van der Waals surface area contributed by atoms with Gasteiger partial charge in [-0.05, 0) is 68.2 Å². The summed E-state index contributed by atoms with van der Waals surface area (Å²) in [6.45, 7) is 0.115. The number of halogens is 1. The van der Waals surface area contributed by atoms with Gasteiger partial charge in [0, 0.05) is 17.1 Å². The maximum atomic E-state index is 12.4. The van der Waals surface area contributed by atoms with Crippen LogP contribution in [0.1, 0.15) is 51.4 Å². The van der Waals surface area contributed by atoms with Crippen LogP contribution in [0, 0.1) is 11.8 Å². The Morgan fingerprint density at radius 1 is 0.867 bits per heavy atom. The number of hydrogen-bond acceptors (Lipinski definition) is 4. The van der Waals surface area contributed by atoms with Crippen LogP contribution in [-0.2, 0) is 14.3 Å². The van der Waals surface area contributed by atoms with Gasteiger partial charge in [0.2, 0.25) is 5.91 Å². The Labute approximate surface area is 183 Å². The maximum absolute atomic E-state index is 12.4. The molecule has 0 aliphatic heterocycles. The van der Waals surface area contributed by atoms with Crippen molar-refractivity contribution < 1.29 is 19.1 Å². The second-order valence-electron chi connectivity index (χ2n) is 8.89. The van der Waals surface area contributed by atoms with Crippen molar-refractivity contribution >= 4 is 23.4 Å². The summed E-state index contributed by atoms with van der Waals surface area (Å²) in [5.41, 5.74) is 0. The van der Waals surface area contributed by atoms with E-state index < -0.39 is 0 Å². The maximum Gasteiger partial charge on any atom is 0.258 e. The Balaban J connectivity index is 1.19. The van der Waals surface area contributed by atoms with E-state index in [1.165, 1.54) is 19.3 Å². The van der Waals surface area contributed by atoms with Crippen LogP contribution in [0.5, 0.6) is 5.75 Å². The molecule has 0 aromatic heterocycles. The Bertz CT molecular complexity index is 729. The molecule has 7 heteroatoms. The van der Waals surface area contributed by atoms with Crippen molar-refractivity contribution in [2.75, 3.05) is 13.2 Å². The molecular formula is C23H31ClN2O4. The second-order valence-corrected chi connectivity index (χ2v) is 9.33. The van der Waals surface area contributed by atoms with E-state index in [-0.39, 0.29) is 43.2 Å². The molecule has 1 aromatic rings. The number of nitrogens with one attached hydrogen (secondary N) is 2. The Kier molecular flexibility index (Phi) is 7.16. The lowest BCUT2D eigenvalue weighted by Gasteiger charge is -2.51. The first-order valence-corrected chi connectivity index (χ1v) is 11.5. The molecular weight excluding hydrogens is 404 g/mol. The Morgan fingerprint density at radius 2 is 1.47 bits per heavy atom. The molecule has 0 radical (unpaired) electrons. The van der Waals surface area contributed by atoms with Crippen molar-refractivity contribution in [3.8, 4) is 5.75 Å². The minimum atomic E-state index is -0.133. The lowest BCUT2D eigenvalue weighted by molar-refractivity contribution is -0.131. The standard InChI is InChI=1S/C23H31ClN2O4/c24-17-6-8-19(9-7-17)30-14-23(28)26-21-12-20(15-10-16(21)11-15)25-22(27)13-29-18-4-2-1-3-5-18/h6-9,15-16,18,20-21H,1-5,10-14H2,(H,25,27)(H,26,28)/t15?,16?,20-,21+/m0/s1. The zero-order valence-electron chi connectivity index (χ0n) is 17.3. The third-order valence-electron chi connectivity index (χ3n) is 6.74. The highest BCUT2D eigenvalue weighted by Crippen LogP contribution is 2.45. The van der Waals surface area contributed by atoms with Gasteiger partial charge in [0.15, 0.2) is 6.61 Å². The highest BCUT2D eigenvalue weighted by molar-refractivity contribution is 6.30. The molecule has 4 fully saturated rings. The normalized spacial score (nSPS) is 28.3. The lowest BCUT2D eigenvalue weighted by atomic mass is 9.60. The van der Waals surface area contributed by atoms with Gasteiger partial charge in [0.25, 0.3) is 5.91 Å². The molecule has 0 spiro atoms. The number of ether oxygens (including phenoxy) is 2. The summed E-state index contributed by atoms with van der Waals surface area (Å²) in [7, 11) is 0.